The summed E-state index contributed by atoms with van der Waals surface area (Å²) in [7, 11) is 1.93. The number of nitrogens with one attached hydrogen (secondary N) is 1. The van der Waals surface area contributed by atoms with E-state index in [1.807, 2.05) is 25.8 Å². The molecule has 0 heterocycles. The van der Waals surface area contributed by atoms with Crippen molar-refractivity contribution in [1.29, 1.82) is 0 Å². The Bertz CT molecular complexity index is 167. The first-order valence-corrected chi connectivity index (χ1v) is 5.20. The third-order valence-corrected chi connectivity index (χ3v) is 2.21. The van der Waals surface area contributed by atoms with Crippen LogP contribution in [0.3, 0.4) is 0 Å². The normalized spacial score (nSPS) is 13.4. The van der Waals surface area contributed by atoms with Crippen LogP contribution in [0.5, 0.6) is 0 Å². The molecule has 0 spiro atoms. The second kappa shape index (κ2) is 6.79. The molecular formula is C10H23N3O. The zero-order valence-electron chi connectivity index (χ0n) is 9.71. The molecule has 0 fully saturated rings. The van der Waals surface area contributed by atoms with Crippen LogP contribution in [0.1, 0.15) is 27.2 Å². The largest absolute Gasteiger partial charge is 0.353 e. The molecular weight excluding hydrogens is 178 g/mol. The standard InChI is InChI=1S/C10H23N3O/c1-5-9(6-11)13(4)7-10(14)12-8(2)3/h8-9H,5-7,11H2,1-4H3,(H,12,14). The molecule has 0 saturated heterocycles. The maximum atomic E-state index is 11.4. The van der Waals surface area contributed by atoms with Crippen molar-refractivity contribution in [3.05, 3.63) is 0 Å². The molecule has 0 aliphatic heterocycles. The maximum Gasteiger partial charge on any atom is 0.234 e. The Labute approximate surface area is 86.8 Å². The third-order valence-electron chi connectivity index (χ3n) is 2.21. The van der Waals surface area contributed by atoms with E-state index in [4.69, 9.17) is 5.73 Å². The molecule has 0 saturated carbocycles. The van der Waals surface area contributed by atoms with Gasteiger partial charge in [0.25, 0.3) is 0 Å². The van der Waals surface area contributed by atoms with E-state index in [1.165, 1.54) is 0 Å². The summed E-state index contributed by atoms with van der Waals surface area (Å²) in [6.07, 6.45) is 0.974. The van der Waals surface area contributed by atoms with Gasteiger partial charge in [0.15, 0.2) is 0 Å². The molecule has 0 aromatic rings. The maximum absolute atomic E-state index is 11.4. The van der Waals surface area contributed by atoms with Gasteiger partial charge in [0.05, 0.1) is 6.54 Å². The molecule has 0 aliphatic rings. The zero-order valence-corrected chi connectivity index (χ0v) is 9.71. The second-order valence-electron chi connectivity index (χ2n) is 3.94. The van der Waals surface area contributed by atoms with Crippen LogP contribution >= 0.6 is 0 Å². The number of amides is 1. The number of carbonyl (C=O) groups excluding carboxylic acids is 1. The van der Waals surface area contributed by atoms with E-state index in [0.29, 0.717) is 19.1 Å². The van der Waals surface area contributed by atoms with Gasteiger partial charge in [-0.2, -0.15) is 0 Å². The third kappa shape index (κ3) is 5.19. The first-order chi connectivity index (χ1) is 6.51. The Morgan fingerprint density at radius 1 is 1.50 bits per heavy atom. The van der Waals surface area contributed by atoms with Crippen LogP contribution in [0, 0.1) is 0 Å². The fourth-order valence-corrected chi connectivity index (χ4v) is 1.38. The minimum Gasteiger partial charge on any atom is -0.353 e. The van der Waals surface area contributed by atoms with E-state index < -0.39 is 0 Å². The molecule has 0 bridgehead atoms. The predicted octanol–water partition coefficient (Wildman–Crippen LogP) is 0.180. The highest BCUT2D eigenvalue weighted by atomic mass is 16.2. The van der Waals surface area contributed by atoms with Gasteiger partial charge in [0, 0.05) is 18.6 Å². The molecule has 1 amide bonds. The Kier molecular flexibility index (Phi) is 6.49. The lowest BCUT2D eigenvalue weighted by Crippen LogP contribution is -2.44. The number of nitrogens with two attached hydrogens (primary N) is 1. The van der Waals surface area contributed by atoms with Crippen LogP contribution in [-0.4, -0.2) is 43.0 Å². The molecule has 3 N–H and O–H groups in total. The lowest BCUT2D eigenvalue weighted by atomic mass is 10.2. The summed E-state index contributed by atoms with van der Waals surface area (Å²) in [4.78, 5) is 13.4. The average Bonchev–Trinajstić information content (AvgIpc) is 2.04. The van der Waals surface area contributed by atoms with Gasteiger partial charge in [-0.1, -0.05) is 6.92 Å². The van der Waals surface area contributed by atoms with Gasteiger partial charge in [-0.15, -0.1) is 0 Å². The van der Waals surface area contributed by atoms with Crippen molar-refractivity contribution in [3.8, 4) is 0 Å². The van der Waals surface area contributed by atoms with Gasteiger partial charge in [-0.05, 0) is 27.3 Å². The van der Waals surface area contributed by atoms with Crippen LogP contribution in [0.4, 0.5) is 0 Å². The minimum atomic E-state index is 0.0643. The van der Waals surface area contributed by atoms with Crippen molar-refractivity contribution in [2.24, 2.45) is 5.73 Å². The number of nitrogens with zero attached hydrogens (tertiary/aromatic N) is 1. The van der Waals surface area contributed by atoms with Gasteiger partial charge >= 0.3 is 0 Å². The summed E-state index contributed by atoms with van der Waals surface area (Å²) in [6.45, 7) is 7.01. The molecule has 0 aliphatic carbocycles. The van der Waals surface area contributed by atoms with E-state index in [1.54, 1.807) is 0 Å². The molecule has 0 aromatic heterocycles. The van der Waals surface area contributed by atoms with Gasteiger partial charge in [-0.3, -0.25) is 9.69 Å². The fourth-order valence-electron chi connectivity index (χ4n) is 1.38. The average molecular weight is 201 g/mol. The van der Waals surface area contributed by atoms with E-state index in [0.717, 1.165) is 6.42 Å². The topological polar surface area (TPSA) is 58.4 Å². The van der Waals surface area contributed by atoms with Crippen LogP contribution < -0.4 is 11.1 Å². The highest BCUT2D eigenvalue weighted by Gasteiger charge is 2.14. The molecule has 0 aromatic carbocycles. The predicted molar refractivity (Wildman–Crippen MR) is 59.0 cm³/mol. The number of carbonyl (C=O) groups is 1. The van der Waals surface area contributed by atoms with Gasteiger partial charge in [-0.25, -0.2) is 0 Å². The number of hydrogen-bond acceptors (Lipinski definition) is 3. The van der Waals surface area contributed by atoms with Crippen LogP contribution in [0.15, 0.2) is 0 Å². The molecule has 84 valence electrons. The molecule has 4 heteroatoms. The van der Waals surface area contributed by atoms with Crippen molar-refractivity contribution < 1.29 is 4.79 Å². The van der Waals surface area contributed by atoms with Crippen molar-refractivity contribution in [2.75, 3.05) is 20.1 Å². The second-order valence-corrected chi connectivity index (χ2v) is 3.94. The Hall–Kier alpha value is -0.610. The molecule has 14 heavy (non-hydrogen) atoms. The SMILES string of the molecule is CCC(CN)N(C)CC(=O)NC(C)C. The Morgan fingerprint density at radius 2 is 2.07 bits per heavy atom. The van der Waals surface area contributed by atoms with Gasteiger partial charge in [0.2, 0.25) is 5.91 Å². The first-order valence-electron chi connectivity index (χ1n) is 5.20. The van der Waals surface area contributed by atoms with Gasteiger partial charge < -0.3 is 11.1 Å². The zero-order chi connectivity index (χ0) is 11.1. The lowest BCUT2D eigenvalue weighted by molar-refractivity contribution is -0.122. The highest BCUT2D eigenvalue weighted by molar-refractivity contribution is 5.78. The summed E-state index contributed by atoms with van der Waals surface area (Å²) in [5.74, 6) is 0.0643. The van der Waals surface area contributed by atoms with Crippen LogP contribution in [-0.2, 0) is 4.79 Å². The summed E-state index contributed by atoms with van der Waals surface area (Å²) in [5, 5.41) is 2.86. The summed E-state index contributed by atoms with van der Waals surface area (Å²) in [6, 6.07) is 0.502. The van der Waals surface area contributed by atoms with Crippen molar-refractivity contribution >= 4 is 5.91 Å². The number of rotatable bonds is 6. The number of hydrogen-bond donors (Lipinski definition) is 2. The lowest BCUT2D eigenvalue weighted by Gasteiger charge is -2.25. The monoisotopic (exact) mass is 201 g/mol. The summed E-state index contributed by atoms with van der Waals surface area (Å²) >= 11 is 0. The first kappa shape index (κ1) is 13.4. The molecule has 0 radical (unpaired) electrons. The molecule has 1 unspecified atom stereocenters. The van der Waals surface area contributed by atoms with Crippen molar-refractivity contribution in [2.45, 2.75) is 39.3 Å². The highest BCUT2D eigenvalue weighted by Crippen LogP contribution is 1.98. The number of likely N-dealkylation sites (N-methyl/N-ethyl adjacent to an activating group) is 1. The Balaban J connectivity index is 3.91. The Morgan fingerprint density at radius 3 is 2.43 bits per heavy atom. The quantitative estimate of drug-likeness (QED) is 0.644. The molecule has 4 nitrogen and oxygen atoms in total. The smallest absolute Gasteiger partial charge is 0.234 e. The minimum absolute atomic E-state index is 0.0643. The van der Waals surface area contributed by atoms with Gasteiger partial charge in [0.1, 0.15) is 0 Å². The van der Waals surface area contributed by atoms with E-state index in [2.05, 4.69) is 12.2 Å². The molecule has 1 atom stereocenters. The van der Waals surface area contributed by atoms with E-state index in [-0.39, 0.29) is 11.9 Å². The summed E-state index contributed by atoms with van der Waals surface area (Å²) in [5.41, 5.74) is 5.59. The summed E-state index contributed by atoms with van der Waals surface area (Å²) < 4.78 is 0. The molecule has 0 rings (SSSR count). The van der Waals surface area contributed by atoms with Crippen molar-refractivity contribution in [1.82, 2.24) is 10.2 Å². The van der Waals surface area contributed by atoms with Crippen LogP contribution in [0.25, 0.3) is 0 Å². The van der Waals surface area contributed by atoms with Crippen LogP contribution in [0.2, 0.25) is 0 Å². The van der Waals surface area contributed by atoms with Crippen molar-refractivity contribution in [3.63, 3.8) is 0 Å². The fraction of sp³-hybridized carbons (Fsp3) is 0.900. The van der Waals surface area contributed by atoms with E-state index in [9.17, 15) is 4.79 Å². The van der Waals surface area contributed by atoms with E-state index >= 15 is 0 Å².